The zero-order valence-electron chi connectivity index (χ0n) is 9.69. The molecular formula is C13H11ClFNO2. The van der Waals surface area contributed by atoms with Gasteiger partial charge in [-0.15, -0.1) is 0 Å². The molecule has 0 unspecified atom stereocenters. The first kappa shape index (κ1) is 12.6. The molecule has 0 fully saturated rings. The van der Waals surface area contributed by atoms with E-state index in [-0.39, 0.29) is 23.2 Å². The smallest absolute Gasteiger partial charge is 0.201 e. The van der Waals surface area contributed by atoms with Gasteiger partial charge in [-0.05, 0) is 18.2 Å². The summed E-state index contributed by atoms with van der Waals surface area (Å²) in [5, 5.41) is -0.0281. The minimum absolute atomic E-state index is 0.0215. The third-order valence-corrected chi connectivity index (χ3v) is 2.72. The zero-order valence-corrected chi connectivity index (χ0v) is 10.4. The fourth-order valence-corrected chi connectivity index (χ4v) is 1.66. The number of carbonyl (C=O) groups is 1. The Bertz CT molecular complexity index is 580. The number of aromatic nitrogens is 1. The van der Waals surface area contributed by atoms with Crippen molar-refractivity contribution in [2.75, 3.05) is 6.61 Å². The highest BCUT2D eigenvalue weighted by molar-refractivity contribution is 6.30. The van der Waals surface area contributed by atoms with Crippen molar-refractivity contribution in [3.63, 3.8) is 0 Å². The van der Waals surface area contributed by atoms with E-state index in [0.717, 1.165) is 0 Å². The predicted molar refractivity (Wildman–Crippen MR) is 66.6 cm³/mol. The van der Waals surface area contributed by atoms with Gasteiger partial charge >= 0.3 is 0 Å². The van der Waals surface area contributed by atoms with Crippen LogP contribution in [0.3, 0.4) is 0 Å². The van der Waals surface area contributed by atoms with Crippen molar-refractivity contribution in [2.24, 2.45) is 7.05 Å². The molecule has 2 rings (SSSR count). The molecule has 94 valence electrons. The molecule has 0 radical (unpaired) electrons. The second-order valence-electron chi connectivity index (χ2n) is 3.83. The summed E-state index contributed by atoms with van der Waals surface area (Å²) in [5.74, 6) is -0.887. The summed E-state index contributed by atoms with van der Waals surface area (Å²) in [5.41, 5.74) is 0.528. The summed E-state index contributed by atoms with van der Waals surface area (Å²) in [4.78, 5) is 11.7. The van der Waals surface area contributed by atoms with Crippen LogP contribution < -0.4 is 4.74 Å². The summed E-state index contributed by atoms with van der Waals surface area (Å²) < 4.78 is 20.4. The molecular weight excluding hydrogens is 257 g/mol. The quantitative estimate of drug-likeness (QED) is 0.797. The topological polar surface area (TPSA) is 31.2 Å². The third kappa shape index (κ3) is 2.71. The Morgan fingerprint density at radius 1 is 1.44 bits per heavy atom. The van der Waals surface area contributed by atoms with Crippen LogP contribution in [0.25, 0.3) is 0 Å². The molecule has 0 aliphatic carbocycles. The molecule has 0 aliphatic rings. The molecule has 1 aromatic heterocycles. The van der Waals surface area contributed by atoms with Gasteiger partial charge in [0.05, 0.1) is 5.02 Å². The van der Waals surface area contributed by atoms with E-state index < -0.39 is 5.82 Å². The highest BCUT2D eigenvalue weighted by atomic mass is 35.5. The number of carbonyl (C=O) groups excluding carboxylic acids is 1. The van der Waals surface area contributed by atoms with Crippen LogP contribution in [0.2, 0.25) is 5.02 Å². The average molecular weight is 268 g/mol. The predicted octanol–water partition coefficient (Wildman–Crippen LogP) is 3.08. The van der Waals surface area contributed by atoms with Crippen molar-refractivity contribution in [3.8, 4) is 5.75 Å². The van der Waals surface area contributed by atoms with E-state index in [1.54, 1.807) is 29.1 Å². The molecule has 0 saturated heterocycles. The molecule has 0 aliphatic heterocycles. The molecule has 0 amide bonds. The molecule has 0 saturated carbocycles. The van der Waals surface area contributed by atoms with Gasteiger partial charge in [0.1, 0.15) is 0 Å². The number of rotatable bonds is 4. The van der Waals surface area contributed by atoms with Gasteiger partial charge in [-0.3, -0.25) is 4.79 Å². The van der Waals surface area contributed by atoms with Crippen molar-refractivity contribution in [1.82, 2.24) is 4.57 Å². The maximum atomic E-state index is 13.5. The fraction of sp³-hybridized carbons (Fsp3) is 0.154. The lowest BCUT2D eigenvalue weighted by molar-refractivity contribution is 0.0919. The Hall–Kier alpha value is -1.81. The van der Waals surface area contributed by atoms with E-state index >= 15 is 0 Å². The van der Waals surface area contributed by atoms with Gasteiger partial charge in [0.25, 0.3) is 0 Å². The molecule has 0 N–H and O–H groups in total. The minimum Gasteiger partial charge on any atom is -0.482 e. The highest BCUT2D eigenvalue weighted by Crippen LogP contribution is 2.24. The molecule has 0 atom stereocenters. The van der Waals surface area contributed by atoms with Crippen LogP contribution in [0, 0.1) is 5.82 Å². The van der Waals surface area contributed by atoms with Crippen LogP contribution >= 0.6 is 11.6 Å². The molecule has 3 nitrogen and oxygen atoms in total. The third-order valence-electron chi connectivity index (χ3n) is 2.43. The lowest BCUT2D eigenvalue weighted by atomic mass is 10.2. The van der Waals surface area contributed by atoms with E-state index in [2.05, 4.69) is 0 Å². The summed E-state index contributed by atoms with van der Waals surface area (Å²) in [7, 11) is 1.81. The van der Waals surface area contributed by atoms with E-state index in [1.807, 2.05) is 7.05 Å². The number of Topliss-reactive ketones (excluding diaryl/α,β-unsaturated/α-hetero) is 1. The molecule has 0 spiro atoms. The van der Waals surface area contributed by atoms with E-state index in [4.69, 9.17) is 16.3 Å². The number of ether oxygens (including phenoxy) is 1. The standard InChI is InChI=1S/C13H11ClFNO2/c1-16-6-5-9(7-16)11(17)8-18-12-4-2-3-10(14)13(12)15/h2-7H,8H2,1H3. The van der Waals surface area contributed by atoms with Crippen molar-refractivity contribution < 1.29 is 13.9 Å². The first-order chi connectivity index (χ1) is 8.58. The number of benzene rings is 1. The van der Waals surface area contributed by atoms with Crippen molar-refractivity contribution in [2.45, 2.75) is 0 Å². The Kier molecular flexibility index (Phi) is 3.67. The Morgan fingerprint density at radius 3 is 2.89 bits per heavy atom. The maximum absolute atomic E-state index is 13.5. The largest absolute Gasteiger partial charge is 0.482 e. The average Bonchev–Trinajstić information content (AvgIpc) is 2.77. The molecule has 2 aromatic rings. The summed E-state index contributed by atoms with van der Waals surface area (Å²) in [6.45, 7) is -0.221. The van der Waals surface area contributed by atoms with Crippen LogP contribution in [-0.4, -0.2) is 17.0 Å². The molecule has 1 aromatic carbocycles. The zero-order chi connectivity index (χ0) is 13.1. The number of aryl methyl sites for hydroxylation is 1. The molecule has 0 bridgehead atoms. The van der Waals surface area contributed by atoms with Crippen LogP contribution in [0.15, 0.2) is 36.7 Å². The van der Waals surface area contributed by atoms with Crippen LogP contribution in [0.1, 0.15) is 10.4 Å². The Morgan fingerprint density at radius 2 is 2.22 bits per heavy atom. The van der Waals surface area contributed by atoms with Gasteiger partial charge in [-0.2, -0.15) is 0 Å². The number of nitrogens with zero attached hydrogens (tertiary/aromatic N) is 1. The lowest BCUT2D eigenvalue weighted by Gasteiger charge is -2.06. The van der Waals surface area contributed by atoms with Gasteiger partial charge in [-0.1, -0.05) is 17.7 Å². The number of hydrogen-bond donors (Lipinski definition) is 0. The fourth-order valence-electron chi connectivity index (χ4n) is 1.49. The number of hydrogen-bond acceptors (Lipinski definition) is 2. The van der Waals surface area contributed by atoms with Crippen molar-refractivity contribution in [1.29, 1.82) is 0 Å². The summed E-state index contributed by atoms with van der Waals surface area (Å²) >= 11 is 5.61. The molecule has 18 heavy (non-hydrogen) atoms. The van der Waals surface area contributed by atoms with Gasteiger partial charge in [0.2, 0.25) is 5.78 Å². The van der Waals surface area contributed by atoms with Crippen LogP contribution in [0.5, 0.6) is 5.75 Å². The van der Waals surface area contributed by atoms with Gasteiger partial charge in [0, 0.05) is 25.0 Å². The minimum atomic E-state index is -0.653. The lowest BCUT2D eigenvalue weighted by Crippen LogP contribution is -2.11. The van der Waals surface area contributed by atoms with Gasteiger partial charge < -0.3 is 9.30 Å². The second kappa shape index (κ2) is 5.23. The normalized spacial score (nSPS) is 10.4. The first-order valence-electron chi connectivity index (χ1n) is 5.30. The maximum Gasteiger partial charge on any atom is 0.201 e. The van der Waals surface area contributed by atoms with Crippen LogP contribution in [0.4, 0.5) is 4.39 Å². The van der Waals surface area contributed by atoms with Gasteiger partial charge in [0.15, 0.2) is 18.2 Å². The number of ketones is 1. The Labute approximate surface area is 109 Å². The van der Waals surface area contributed by atoms with Crippen LogP contribution in [-0.2, 0) is 7.05 Å². The van der Waals surface area contributed by atoms with Gasteiger partial charge in [-0.25, -0.2) is 4.39 Å². The van der Waals surface area contributed by atoms with Crippen molar-refractivity contribution >= 4 is 17.4 Å². The molecule has 5 heteroatoms. The van der Waals surface area contributed by atoms with E-state index in [0.29, 0.717) is 5.56 Å². The second-order valence-corrected chi connectivity index (χ2v) is 4.24. The summed E-state index contributed by atoms with van der Waals surface area (Å²) in [6, 6.07) is 6.09. The van der Waals surface area contributed by atoms with E-state index in [9.17, 15) is 9.18 Å². The highest BCUT2D eigenvalue weighted by Gasteiger charge is 2.11. The Balaban J connectivity index is 2.04. The SMILES string of the molecule is Cn1ccc(C(=O)COc2cccc(Cl)c2F)c1. The number of halogens is 2. The molecule has 1 heterocycles. The van der Waals surface area contributed by atoms with E-state index in [1.165, 1.54) is 12.1 Å². The summed E-state index contributed by atoms with van der Waals surface area (Å²) in [6.07, 6.45) is 3.44. The van der Waals surface area contributed by atoms with Crippen molar-refractivity contribution in [3.05, 3.63) is 53.1 Å². The first-order valence-corrected chi connectivity index (χ1v) is 5.67. The monoisotopic (exact) mass is 267 g/mol.